The number of benzene rings is 5. The zero-order valence-electron chi connectivity index (χ0n) is 33.0. The summed E-state index contributed by atoms with van der Waals surface area (Å²) in [7, 11) is 0. The number of aromatic nitrogens is 7. The summed E-state index contributed by atoms with van der Waals surface area (Å²) in [5.41, 5.74) is 11.2. The molecule has 0 bridgehead atoms. The molecule has 0 N–H and O–H groups in total. The molecule has 61 heavy (non-hydrogen) atoms. The lowest BCUT2D eigenvalue weighted by molar-refractivity contribution is 0.568. The summed E-state index contributed by atoms with van der Waals surface area (Å²) in [6.45, 7) is 0. The third-order valence-electron chi connectivity index (χ3n) is 11.1. The largest absolute Gasteiger partial charge is 0.455 e. The fraction of sp³-hybridized carbons (Fsp3) is 0.0769. The fourth-order valence-corrected chi connectivity index (χ4v) is 8.06. The molecule has 0 unspecified atom stereocenters. The van der Waals surface area contributed by atoms with Gasteiger partial charge in [0.05, 0.1) is 5.71 Å². The van der Waals surface area contributed by atoms with Gasteiger partial charge in [-0.15, -0.1) is 0 Å². The Kier molecular flexibility index (Phi) is 9.23. The minimum atomic E-state index is 0.509. The van der Waals surface area contributed by atoms with Gasteiger partial charge in [0.1, 0.15) is 16.7 Å². The van der Waals surface area contributed by atoms with Gasteiger partial charge in [0.2, 0.25) is 0 Å². The van der Waals surface area contributed by atoms with E-state index in [0.29, 0.717) is 47.1 Å². The Balaban J connectivity index is 0.945. The molecule has 11 rings (SSSR count). The van der Waals surface area contributed by atoms with Crippen molar-refractivity contribution in [3.8, 4) is 68.2 Å². The van der Waals surface area contributed by atoms with Crippen LogP contribution in [0.15, 0.2) is 179 Å². The van der Waals surface area contributed by atoms with Crippen LogP contribution in [0, 0.1) is 0 Å². The highest BCUT2D eigenvalue weighted by molar-refractivity contribution is 6.00. The van der Waals surface area contributed by atoms with E-state index in [2.05, 4.69) is 30.3 Å². The summed E-state index contributed by atoms with van der Waals surface area (Å²) >= 11 is 0. The first kappa shape index (κ1) is 36.1. The normalized spacial score (nSPS) is 13.6. The van der Waals surface area contributed by atoms with Crippen LogP contribution in [-0.4, -0.2) is 40.6 Å². The number of nitrogens with zero attached hydrogens (tertiary/aromatic N) is 8. The van der Waals surface area contributed by atoms with Gasteiger partial charge in [-0.1, -0.05) is 152 Å². The van der Waals surface area contributed by atoms with E-state index < -0.39 is 0 Å². The molecule has 2 aliphatic rings. The highest BCUT2D eigenvalue weighted by atomic mass is 16.3. The van der Waals surface area contributed by atoms with E-state index in [1.807, 2.05) is 140 Å². The second kappa shape index (κ2) is 15.6. The van der Waals surface area contributed by atoms with Crippen LogP contribution in [-0.2, 0) is 0 Å². The predicted octanol–water partition coefficient (Wildman–Crippen LogP) is 10.1. The molecule has 0 saturated heterocycles. The Hall–Kier alpha value is -8.04. The smallest absolute Gasteiger partial charge is 0.182 e. The van der Waals surface area contributed by atoms with E-state index in [4.69, 9.17) is 44.3 Å². The molecule has 1 aliphatic heterocycles. The van der Waals surface area contributed by atoms with E-state index >= 15 is 0 Å². The Morgan fingerprint density at radius 3 is 1.49 bits per heavy atom. The molecule has 5 aromatic carbocycles. The van der Waals surface area contributed by atoms with Crippen LogP contribution in [0.5, 0.6) is 0 Å². The first-order valence-corrected chi connectivity index (χ1v) is 20.4. The van der Waals surface area contributed by atoms with Crippen molar-refractivity contribution < 1.29 is 4.42 Å². The Bertz CT molecular complexity index is 3160. The first-order valence-electron chi connectivity index (χ1n) is 20.4. The van der Waals surface area contributed by atoms with Crippen molar-refractivity contribution in [2.75, 3.05) is 0 Å². The van der Waals surface area contributed by atoms with Gasteiger partial charge in [-0.3, -0.25) is 9.98 Å². The molecular weight excluding hydrogens is 753 g/mol. The predicted molar refractivity (Wildman–Crippen MR) is 240 cm³/mol. The van der Waals surface area contributed by atoms with E-state index in [1.54, 1.807) is 0 Å². The molecule has 0 spiro atoms. The van der Waals surface area contributed by atoms with Crippen LogP contribution in [0.4, 0.5) is 0 Å². The SMILES string of the molecule is C1=C(C2=c3oc4c(-c5ccc(-c6nc(-c7ccccc7)nc(-c7ccccc7)n6)nc5)cccc4c3=CCC2)CCC(c2nc(-c3ccccc3)nc(-c3ccccc3)n2)=N1. The van der Waals surface area contributed by atoms with Crippen molar-refractivity contribution in [1.29, 1.82) is 0 Å². The van der Waals surface area contributed by atoms with Crippen molar-refractivity contribution in [3.05, 3.63) is 186 Å². The van der Waals surface area contributed by atoms with Crippen molar-refractivity contribution in [2.24, 2.45) is 4.99 Å². The molecule has 0 saturated carbocycles. The monoisotopic (exact) mass is 788 g/mol. The Labute approximate surface area is 351 Å². The van der Waals surface area contributed by atoms with Crippen molar-refractivity contribution in [2.45, 2.75) is 25.7 Å². The molecule has 5 heterocycles. The molecule has 9 heteroatoms. The summed E-state index contributed by atoms with van der Waals surface area (Å²) in [6.07, 6.45) is 9.45. The maximum absolute atomic E-state index is 6.88. The van der Waals surface area contributed by atoms with Crippen LogP contribution in [0.2, 0.25) is 0 Å². The second-order valence-electron chi connectivity index (χ2n) is 15.0. The average Bonchev–Trinajstić information content (AvgIpc) is 3.74. The van der Waals surface area contributed by atoms with Crippen LogP contribution in [0.1, 0.15) is 31.5 Å². The summed E-state index contributed by atoms with van der Waals surface area (Å²) in [6, 6.07) is 50.3. The van der Waals surface area contributed by atoms with E-state index in [-0.39, 0.29) is 0 Å². The van der Waals surface area contributed by atoms with Gasteiger partial charge in [0.15, 0.2) is 34.9 Å². The van der Waals surface area contributed by atoms with Crippen LogP contribution in [0.25, 0.3) is 90.8 Å². The highest BCUT2D eigenvalue weighted by Crippen LogP contribution is 2.32. The number of fused-ring (bicyclic) bond motifs is 3. The number of aliphatic imine (C=N–C) groups is 1. The molecule has 9 nitrogen and oxygen atoms in total. The summed E-state index contributed by atoms with van der Waals surface area (Å²) in [4.78, 5) is 39.2. The number of pyridine rings is 1. The lowest BCUT2D eigenvalue weighted by Crippen LogP contribution is -2.27. The topological polar surface area (TPSA) is 116 Å². The maximum atomic E-state index is 6.88. The van der Waals surface area contributed by atoms with Crippen LogP contribution < -0.4 is 10.6 Å². The number of para-hydroxylation sites is 1. The van der Waals surface area contributed by atoms with E-state index in [1.165, 1.54) is 11.1 Å². The summed E-state index contributed by atoms with van der Waals surface area (Å²) in [5, 5.41) is 2.21. The van der Waals surface area contributed by atoms with Gasteiger partial charge in [-0.25, -0.2) is 29.9 Å². The van der Waals surface area contributed by atoms with E-state index in [9.17, 15) is 0 Å². The van der Waals surface area contributed by atoms with Crippen molar-refractivity contribution >= 4 is 28.3 Å². The van der Waals surface area contributed by atoms with Crippen molar-refractivity contribution in [3.63, 3.8) is 0 Å². The molecule has 9 aromatic rings. The fourth-order valence-electron chi connectivity index (χ4n) is 8.06. The van der Waals surface area contributed by atoms with Gasteiger partial charge in [-0.2, -0.15) is 0 Å². The number of allylic oxidation sites excluding steroid dienone is 1. The molecule has 0 fully saturated rings. The van der Waals surface area contributed by atoms with Crippen LogP contribution in [0.3, 0.4) is 0 Å². The lowest BCUT2D eigenvalue weighted by atomic mass is 9.92. The molecule has 290 valence electrons. The molecular formula is C52H36N8O. The summed E-state index contributed by atoms with van der Waals surface area (Å²) in [5.74, 6) is 3.57. The molecule has 0 amide bonds. The van der Waals surface area contributed by atoms with Gasteiger partial charge in [0.25, 0.3) is 0 Å². The molecule has 1 aliphatic carbocycles. The van der Waals surface area contributed by atoms with Gasteiger partial charge < -0.3 is 4.42 Å². The molecule has 4 aromatic heterocycles. The second-order valence-corrected chi connectivity index (χ2v) is 15.0. The minimum Gasteiger partial charge on any atom is -0.455 e. The van der Waals surface area contributed by atoms with Gasteiger partial charge in [-0.05, 0) is 37.3 Å². The third kappa shape index (κ3) is 7.02. The average molecular weight is 789 g/mol. The van der Waals surface area contributed by atoms with Crippen LogP contribution >= 0.6 is 0 Å². The minimum absolute atomic E-state index is 0.509. The number of hydrogen-bond donors (Lipinski definition) is 0. The van der Waals surface area contributed by atoms with Gasteiger partial charge >= 0.3 is 0 Å². The zero-order valence-corrected chi connectivity index (χ0v) is 33.0. The first-order chi connectivity index (χ1) is 30.2. The number of hydrogen-bond acceptors (Lipinski definition) is 9. The quantitative estimate of drug-likeness (QED) is 0.149. The molecule has 0 atom stereocenters. The highest BCUT2D eigenvalue weighted by Gasteiger charge is 2.22. The molecule has 0 radical (unpaired) electrons. The Morgan fingerprint density at radius 1 is 0.443 bits per heavy atom. The Morgan fingerprint density at radius 2 is 0.984 bits per heavy atom. The lowest BCUT2D eigenvalue weighted by Gasteiger charge is -2.17. The summed E-state index contributed by atoms with van der Waals surface area (Å²) < 4.78 is 6.88. The van der Waals surface area contributed by atoms with Crippen molar-refractivity contribution in [1.82, 2.24) is 34.9 Å². The third-order valence-corrected chi connectivity index (χ3v) is 11.1. The standard InChI is InChI=1S/C52H36N8O/c1-5-15-33(16-6-1)47-55-48(34-17-7-2-8-18-34)58-51(57-47)43-29-27-37(31-53-43)39-23-13-25-41-42-26-14-24-40(46(42)61-45(39)41)38-28-30-44(54-32-38)52-59-49(35-19-9-3-10-20-35)56-50(60-52)36-21-11-4-12-22-36/h1-13,15-23,25-27,29,31-32H,14,24,28,30H2. The maximum Gasteiger partial charge on any atom is 0.182 e. The number of furan rings is 1. The van der Waals surface area contributed by atoms with Gasteiger partial charge in [0, 0.05) is 62.0 Å². The van der Waals surface area contributed by atoms with E-state index in [0.717, 1.165) is 80.0 Å². The number of rotatable bonds is 8. The zero-order chi connectivity index (χ0) is 40.5.